The first kappa shape index (κ1) is 17.4. The molecule has 0 atom stereocenters. The zero-order valence-electron chi connectivity index (χ0n) is 11.8. The number of hydrogen-bond donors (Lipinski definition) is 2. The molecule has 1 amide bonds. The summed E-state index contributed by atoms with van der Waals surface area (Å²) in [5, 5.41) is 2.46. The minimum absolute atomic E-state index is 0.0210. The van der Waals surface area contributed by atoms with Gasteiger partial charge in [0.2, 0.25) is 5.91 Å². The van der Waals surface area contributed by atoms with Crippen LogP contribution in [0.3, 0.4) is 0 Å². The van der Waals surface area contributed by atoms with Gasteiger partial charge in [0.15, 0.2) is 9.84 Å². The van der Waals surface area contributed by atoms with E-state index in [-0.39, 0.29) is 29.3 Å². The lowest BCUT2D eigenvalue weighted by atomic mass is 10.2. The van der Waals surface area contributed by atoms with Gasteiger partial charge in [0.25, 0.3) is 0 Å². The minimum atomic E-state index is -3.29. The van der Waals surface area contributed by atoms with E-state index in [0.717, 1.165) is 12.1 Å². The van der Waals surface area contributed by atoms with E-state index in [0.29, 0.717) is 13.0 Å². The summed E-state index contributed by atoms with van der Waals surface area (Å²) in [5.41, 5.74) is 5.90. The van der Waals surface area contributed by atoms with Gasteiger partial charge in [-0.3, -0.25) is 4.79 Å². The number of benzene rings is 1. The van der Waals surface area contributed by atoms with Gasteiger partial charge in [0.05, 0.1) is 22.9 Å². The molecule has 0 aromatic heterocycles. The summed E-state index contributed by atoms with van der Waals surface area (Å²) in [5.74, 6) is -1.26. The van der Waals surface area contributed by atoms with Crippen LogP contribution >= 0.6 is 0 Å². The van der Waals surface area contributed by atoms with E-state index in [1.54, 1.807) is 0 Å². The van der Waals surface area contributed by atoms with Crippen LogP contribution in [0.5, 0.6) is 0 Å². The molecule has 0 heterocycles. The number of hydrogen-bond acceptors (Lipinski definition) is 5. The van der Waals surface area contributed by atoms with Crippen molar-refractivity contribution in [2.75, 3.05) is 36.3 Å². The van der Waals surface area contributed by atoms with Gasteiger partial charge in [-0.1, -0.05) is 0 Å². The van der Waals surface area contributed by atoms with E-state index in [2.05, 4.69) is 5.32 Å². The summed E-state index contributed by atoms with van der Waals surface area (Å²) in [6, 6.07) is 3.57. The topological polar surface area (TPSA) is 98.5 Å². The first-order valence-electron chi connectivity index (χ1n) is 6.38. The fourth-order valence-electron chi connectivity index (χ4n) is 1.63. The first-order valence-corrected chi connectivity index (χ1v) is 8.20. The lowest BCUT2D eigenvalue weighted by Crippen LogP contribution is -2.20. The summed E-state index contributed by atoms with van der Waals surface area (Å²) in [6.07, 6.45) is 0.220. The van der Waals surface area contributed by atoms with Gasteiger partial charge in [-0.05, 0) is 24.6 Å². The third-order valence-electron chi connectivity index (χ3n) is 2.73. The van der Waals surface area contributed by atoms with Crippen molar-refractivity contribution in [1.82, 2.24) is 0 Å². The molecule has 0 fully saturated rings. The molecule has 0 aliphatic heterocycles. The van der Waals surface area contributed by atoms with Crippen LogP contribution in [0.15, 0.2) is 18.2 Å². The molecule has 0 saturated carbocycles. The highest BCUT2D eigenvalue weighted by Crippen LogP contribution is 2.19. The maximum atomic E-state index is 12.9. The standard InChI is InChI=1S/C13H19FN2O4S/c1-20-6-2-7-21(18,19)8-5-13(17)16-12-4-3-10(14)9-11(12)15/h3-4,9H,2,5-8,15H2,1H3,(H,16,17). The predicted octanol–water partition coefficient (Wildman–Crippen LogP) is 1.19. The van der Waals surface area contributed by atoms with Crippen molar-refractivity contribution in [3.8, 4) is 0 Å². The zero-order chi connectivity index (χ0) is 15.9. The highest BCUT2D eigenvalue weighted by atomic mass is 32.2. The molecule has 0 bridgehead atoms. The Morgan fingerprint density at radius 2 is 2.10 bits per heavy atom. The molecule has 0 saturated heterocycles. The number of ether oxygens (including phenoxy) is 1. The Hall–Kier alpha value is -1.67. The number of anilines is 2. The number of rotatable bonds is 8. The molecular formula is C13H19FN2O4S. The smallest absolute Gasteiger partial charge is 0.225 e. The molecular weight excluding hydrogens is 299 g/mol. The number of carbonyl (C=O) groups is 1. The second-order valence-electron chi connectivity index (χ2n) is 4.53. The molecule has 1 aromatic carbocycles. The Morgan fingerprint density at radius 1 is 1.38 bits per heavy atom. The summed E-state index contributed by atoms with van der Waals surface area (Å²) in [4.78, 5) is 11.7. The molecule has 0 spiro atoms. The van der Waals surface area contributed by atoms with Gasteiger partial charge in [-0.25, -0.2) is 12.8 Å². The van der Waals surface area contributed by atoms with Crippen molar-refractivity contribution in [1.29, 1.82) is 0 Å². The molecule has 0 aliphatic rings. The second kappa shape index (κ2) is 7.94. The van der Waals surface area contributed by atoms with Crippen LogP contribution < -0.4 is 11.1 Å². The zero-order valence-corrected chi connectivity index (χ0v) is 12.6. The van der Waals surface area contributed by atoms with E-state index >= 15 is 0 Å². The van der Waals surface area contributed by atoms with Crippen molar-refractivity contribution < 1.29 is 22.3 Å². The Labute approximate surface area is 123 Å². The van der Waals surface area contributed by atoms with E-state index in [4.69, 9.17) is 10.5 Å². The molecule has 3 N–H and O–H groups in total. The number of amides is 1. The normalized spacial score (nSPS) is 11.3. The Bertz CT molecular complexity index is 590. The monoisotopic (exact) mass is 318 g/mol. The highest BCUT2D eigenvalue weighted by Gasteiger charge is 2.14. The second-order valence-corrected chi connectivity index (χ2v) is 6.83. The highest BCUT2D eigenvalue weighted by molar-refractivity contribution is 7.91. The molecule has 21 heavy (non-hydrogen) atoms. The molecule has 6 nitrogen and oxygen atoms in total. The number of nitrogens with two attached hydrogens (primary N) is 1. The number of methoxy groups -OCH3 is 1. The minimum Gasteiger partial charge on any atom is -0.397 e. The number of sulfone groups is 1. The quantitative estimate of drug-likeness (QED) is 0.554. The van der Waals surface area contributed by atoms with Gasteiger partial charge < -0.3 is 15.8 Å². The molecule has 0 aliphatic carbocycles. The van der Waals surface area contributed by atoms with Crippen LogP contribution in [0.25, 0.3) is 0 Å². The third-order valence-corrected chi connectivity index (χ3v) is 4.47. The van der Waals surface area contributed by atoms with Crippen LogP contribution in [0.4, 0.5) is 15.8 Å². The first-order chi connectivity index (χ1) is 9.84. The van der Waals surface area contributed by atoms with Crippen LogP contribution in [0, 0.1) is 5.82 Å². The summed E-state index contributed by atoms with van der Waals surface area (Å²) in [7, 11) is -1.80. The van der Waals surface area contributed by atoms with E-state index in [9.17, 15) is 17.6 Å². The molecule has 1 rings (SSSR count). The molecule has 118 valence electrons. The van der Waals surface area contributed by atoms with Crippen molar-refractivity contribution in [2.45, 2.75) is 12.8 Å². The van der Waals surface area contributed by atoms with Crippen molar-refractivity contribution in [3.63, 3.8) is 0 Å². The summed E-state index contributed by atoms with van der Waals surface area (Å²) >= 11 is 0. The fourth-order valence-corrected chi connectivity index (χ4v) is 2.89. The van der Waals surface area contributed by atoms with E-state index in [1.165, 1.54) is 13.2 Å². The summed E-state index contributed by atoms with van der Waals surface area (Å²) in [6.45, 7) is 0.359. The van der Waals surface area contributed by atoms with Crippen LogP contribution in [-0.2, 0) is 19.4 Å². The van der Waals surface area contributed by atoms with Gasteiger partial charge >= 0.3 is 0 Å². The maximum absolute atomic E-state index is 12.9. The predicted molar refractivity (Wildman–Crippen MR) is 79.2 cm³/mol. The van der Waals surface area contributed by atoms with Crippen LogP contribution in [0.1, 0.15) is 12.8 Å². The lowest BCUT2D eigenvalue weighted by molar-refractivity contribution is -0.115. The van der Waals surface area contributed by atoms with Gasteiger partial charge in [0, 0.05) is 20.1 Å². The number of carbonyl (C=O) groups excluding carboxylic acids is 1. The van der Waals surface area contributed by atoms with E-state index in [1.807, 2.05) is 0 Å². The number of nitrogen functional groups attached to an aromatic ring is 1. The third kappa shape index (κ3) is 6.54. The molecule has 8 heteroatoms. The van der Waals surface area contributed by atoms with Gasteiger partial charge in [-0.2, -0.15) is 0 Å². The van der Waals surface area contributed by atoms with Crippen LogP contribution in [-0.4, -0.2) is 39.5 Å². The Balaban J connectivity index is 2.47. The van der Waals surface area contributed by atoms with E-state index < -0.39 is 21.6 Å². The summed E-state index contributed by atoms with van der Waals surface area (Å²) < 4.78 is 41.0. The average Bonchev–Trinajstić information content (AvgIpc) is 2.40. The van der Waals surface area contributed by atoms with Gasteiger partial charge in [0.1, 0.15) is 5.82 Å². The maximum Gasteiger partial charge on any atom is 0.225 e. The van der Waals surface area contributed by atoms with Gasteiger partial charge in [-0.15, -0.1) is 0 Å². The van der Waals surface area contributed by atoms with Crippen LogP contribution in [0.2, 0.25) is 0 Å². The van der Waals surface area contributed by atoms with Crippen molar-refractivity contribution in [3.05, 3.63) is 24.0 Å². The number of nitrogens with one attached hydrogen (secondary N) is 1. The average molecular weight is 318 g/mol. The molecule has 1 aromatic rings. The number of halogens is 1. The largest absolute Gasteiger partial charge is 0.397 e. The SMILES string of the molecule is COCCCS(=O)(=O)CCC(=O)Nc1ccc(F)cc1N. The van der Waals surface area contributed by atoms with Crippen molar-refractivity contribution in [2.24, 2.45) is 0 Å². The fraction of sp³-hybridized carbons (Fsp3) is 0.462. The Morgan fingerprint density at radius 3 is 2.71 bits per heavy atom. The van der Waals surface area contributed by atoms with Crippen molar-refractivity contribution >= 4 is 27.1 Å². The molecule has 0 radical (unpaired) electrons. The Kier molecular flexibility index (Phi) is 6.57. The lowest BCUT2D eigenvalue weighted by Gasteiger charge is -2.08. The molecule has 0 unspecified atom stereocenters.